The minimum absolute atomic E-state index is 0. The summed E-state index contributed by atoms with van der Waals surface area (Å²) in [6.07, 6.45) is 0. The molecule has 1 unspecified atom stereocenters. The molecule has 0 radical (unpaired) electrons. The van der Waals surface area contributed by atoms with E-state index in [2.05, 4.69) is 46.8 Å². The predicted molar refractivity (Wildman–Crippen MR) is 112 cm³/mol. The number of aliphatic imine (C=N–C) groups is 1. The highest BCUT2D eigenvalue weighted by Crippen LogP contribution is 2.21. The lowest BCUT2D eigenvalue weighted by Crippen LogP contribution is -2.44. The second-order valence-electron chi connectivity index (χ2n) is 6.22. The van der Waals surface area contributed by atoms with Crippen LogP contribution in [0.2, 0.25) is 0 Å². The molecule has 0 saturated heterocycles. The van der Waals surface area contributed by atoms with Crippen molar-refractivity contribution in [1.29, 1.82) is 0 Å². The van der Waals surface area contributed by atoms with Crippen LogP contribution in [-0.2, 0) is 12.1 Å². The fraction of sp³-hybridized carbons (Fsp3) is 0.421. The number of aliphatic hydroxyl groups is 1. The van der Waals surface area contributed by atoms with Gasteiger partial charge in [0.25, 0.3) is 0 Å². The van der Waals surface area contributed by atoms with Gasteiger partial charge in [-0.1, -0.05) is 29.8 Å². The summed E-state index contributed by atoms with van der Waals surface area (Å²) in [5, 5.41) is 17.0. The number of nitrogens with zero attached hydrogens (tertiary/aromatic N) is 1. The first-order chi connectivity index (χ1) is 11.4. The molecule has 138 valence electrons. The zero-order valence-electron chi connectivity index (χ0n) is 15.3. The van der Waals surface area contributed by atoms with E-state index in [9.17, 15) is 5.11 Å². The van der Waals surface area contributed by atoms with E-state index in [-0.39, 0.29) is 24.0 Å². The largest absolute Gasteiger partial charge is 0.463 e. The number of benzene rings is 1. The minimum atomic E-state index is -1.10. The molecule has 0 fully saturated rings. The van der Waals surface area contributed by atoms with Crippen molar-refractivity contribution in [2.24, 2.45) is 4.99 Å². The number of halogens is 1. The van der Waals surface area contributed by atoms with Gasteiger partial charge in [0, 0.05) is 6.54 Å². The zero-order chi connectivity index (χ0) is 17.6. The molecule has 6 heteroatoms. The summed E-state index contributed by atoms with van der Waals surface area (Å²) in [7, 11) is 0. The zero-order valence-corrected chi connectivity index (χ0v) is 17.6. The van der Waals surface area contributed by atoms with E-state index in [1.807, 2.05) is 19.9 Å². The Labute approximate surface area is 167 Å². The number of nitrogens with one attached hydrogen (secondary N) is 2. The van der Waals surface area contributed by atoms with E-state index in [1.165, 1.54) is 5.56 Å². The quantitative estimate of drug-likeness (QED) is 0.353. The van der Waals surface area contributed by atoms with Crippen molar-refractivity contribution < 1.29 is 9.52 Å². The van der Waals surface area contributed by atoms with Gasteiger partial charge in [0.05, 0.1) is 13.1 Å². The lowest BCUT2D eigenvalue weighted by molar-refractivity contribution is 0.0378. The normalized spacial score (nSPS) is 13.7. The van der Waals surface area contributed by atoms with Gasteiger partial charge >= 0.3 is 0 Å². The van der Waals surface area contributed by atoms with Crippen molar-refractivity contribution in [3.05, 3.63) is 59.0 Å². The summed E-state index contributed by atoms with van der Waals surface area (Å²) in [5.74, 6) is 1.99. The van der Waals surface area contributed by atoms with Crippen LogP contribution in [0, 0.1) is 13.8 Å². The Balaban J connectivity index is 0.00000312. The number of rotatable bonds is 6. The van der Waals surface area contributed by atoms with Gasteiger partial charge in [-0.3, -0.25) is 0 Å². The molecule has 5 nitrogen and oxygen atoms in total. The van der Waals surface area contributed by atoms with Crippen LogP contribution >= 0.6 is 24.0 Å². The molecule has 0 amide bonds. The number of furan rings is 1. The fourth-order valence-corrected chi connectivity index (χ4v) is 2.27. The molecule has 1 aromatic carbocycles. The Hall–Kier alpha value is -1.54. The van der Waals surface area contributed by atoms with Gasteiger partial charge in [-0.05, 0) is 45.4 Å². The van der Waals surface area contributed by atoms with E-state index in [4.69, 9.17) is 4.42 Å². The molecule has 0 bridgehead atoms. The summed E-state index contributed by atoms with van der Waals surface area (Å²) in [4.78, 5) is 4.57. The smallest absolute Gasteiger partial charge is 0.191 e. The van der Waals surface area contributed by atoms with E-state index in [0.29, 0.717) is 24.8 Å². The van der Waals surface area contributed by atoms with Crippen LogP contribution < -0.4 is 10.6 Å². The van der Waals surface area contributed by atoms with Crippen molar-refractivity contribution in [3.8, 4) is 0 Å². The summed E-state index contributed by atoms with van der Waals surface area (Å²) in [5.41, 5.74) is 1.28. The molecular formula is C19H28IN3O2. The highest BCUT2D eigenvalue weighted by atomic mass is 127. The lowest BCUT2D eigenvalue weighted by atomic mass is 10.0. The Bertz CT molecular complexity index is 678. The molecular weight excluding hydrogens is 429 g/mol. The van der Waals surface area contributed by atoms with Crippen LogP contribution in [0.15, 0.2) is 45.8 Å². The van der Waals surface area contributed by atoms with Gasteiger partial charge in [-0.25, -0.2) is 4.99 Å². The Morgan fingerprint density at radius 2 is 1.80 bits per heavy atom. The lowest BCUT2D eigenvalue weighted by Gasteiger charge is -2.22. The first-order valence-electron chi connectivity index (χ1n) is 8.28. The van der Waals surface area contributed by atoms with Crippen LogP contribution in [0.1, 0.15) is 36.5 Å². The average Bonchev–Trinajstić information content (AvgIpc) is 2.99. The molecule has 1 atom stereocenters. The highest BCUT2D eigenvalue weighted by molar-refractivity contribution is 14.0. The molecule has 0 spiro atoms. The molecule has 1 heterocycles. The molecule has 0 saturated carbocycles. The first-order valence-corrected chi connectivity index (χ1v) is 8.28. The molecule has 3 N–H and O–H groups in total. The third-order valence-corrected chi connectivity index (χ3v) is 3.76. The van der Waals surface area contributed by atoms with Gasteiger partial charge in [-0.2, -0.15) is 0 Å². The maximum atomic E-state index is 10.6. The second-order valence-corrected chi connectivity index (χ2v) is 6.22. The van der Waals surface area contributed by atoms with E-state index in [1.54, 1.807) is 13.0 Å². The minimum Gasteiger partial charge on any atom is -0.463 e. The van der Waals surface area contributed by atoms with Gasteiger partial charge in [0.2, 0.25) is 0 Å². The monoisotopic (exact) mass is 457 g/mol. The molecule has 0 aliphatic carbocycles. The van der Waals surface area contributed by atoms with Gasteiger partial charge in [0.1, 0.15) is 17.1 Å². The van der Waals surface area contributed by atoms with Crippen molar-refractivity contribution in [1.82, 2.24) is 10.6 Å². The Kier molecular flexibility index (Phi) is 8.44. The summed E-state index contributed by atoms with van der Waals surface area (Å²) >= 11 is 0. The second kappa shape index (κ2) is 9.82. The van der Waals surface area contributed by atoms with E-state index < -0.39 is 5.60 Å². The topological polar surface area (TPSA) is 69.8 Å². The SMILES string of the molecule is CCNC(=NCc1ccc(C)cc1)NCC(C)(O)c1ccc(C)o1.I. The molecule has 0 aliphatic rings. The highest BCUT2D eigenvalue weighted by Gasteiger charge is 2.27. The summed E-state index contributed by atoms with van der Waals surface area (Å²) in [6, 6.07) is 12.0. The molecule has 1 aromatic heterocycles. The van der Waals surface area contributed by atoms with Crippen LogP contribution in [0.5, 0.6) is 0 Å². The Morgan fingerprint density at radius 3 is 2.36 bits per heavy atom. The third kappa shape index (κ3) is 6.70. The van der Waals surface area contributed by atoms with Crippen LogP contribution in [0.3, 0.4) is 0 Å². The standard InChI is InChI=1S/C19H27N3O2.HI/c1-5-20-18(21-12-16-9-6-14(2)7-10-16)22-13-19(4,23)17-11-8-15(3)24-17;/h6-11,23H,5,12-13H2,1-4H3,(H2,20,21,22);1H. The maximum absolute atomic E-state index is 10.6. The molecule has 25 heavy (non-hydrogen) atoms. The van der Waals surface area contributed by atoms with Crippen molar-refractivity contribution in [3.63, 3.8) is 0 Å². The third-order valence-electron chi connectivity index (χ3n) is 3.76. The predicted octanol–water partition coefficient (Wildman–Crippen LogP) is 3.48. The van der Waals surface area contributed by atoms with Gasteiger partial charge in [0.15, 0.2) is 5.96 Å². The average molecular weight is 457 g/mol. The maximum Gasteiger partial charge on any atom is 0.191 e. The number of hydrogen-bond acceptors (Lipinski definition) is 3. The number of hydrogen-bond donors (Lipinski definition) is 3. The summed E-state index contributed by atoms with van der Waals surface area (Å²) < 4.78 is 5.53. The van der Waals surface area contributed by atoms with Gasteiger partial charge in [-0.15, -0.1) is 24.0 Å². The first kappa shape index (κ1) is 21.5. The van der Waals surface area contributed by atoms with Crippen molar-refractivity contribution >= 4 is 29.9 Å². The fourth-order valence-electron chi connectivity index (χ4n) is 2.27. The Morgan fingerprint density at radius 1 is 1.12 bits per heavy atom. The van der Waals surface area contributed by atoms with E-state index >= 15 is 0 Å². The van der Waals surface area contributed by atoms with Crippen LogP contribution in [0.4, 0.5) is 0 Å². The van der Waals surface area contributed by atoms with Crippen LogP contribution in [0.25, 0.3) is 0 Å². The molecule has 0 aliphatic heterocycles. The van der Waals surface area contributed by atoms with E-state index in [0.717, 1.165) is 17.9 Å². The molecule has 2 rings (SSSR count). The van der Waals surface area contributed by atoms with Crippen molar-refractivity contribution in [2.45, 2.75) is 39.8 Å². The molecule has 2 aromatic rings. The summed E-state index contributed by atoms with van der Waals surface area (Å²) in [6.45, 7) is 9.30. The van der Waals surface area contributed by atoms with Crippen molar-refractivity contribution in [2.75, 3.05) is 13.1 Å². The van der Waals surface area contributed by atoms with Crippen LogP contribution in [-0.4, -0.2) is 24.2 Å². The van der Waals surface area contributed by atoms with Gasteiger partial charge < -0.3 is 20.2 Å². The number of aryl methyl sites for hydroxylation is 2. The number of guanidine groups is 1.